The first-order chi connectivity index (χ1) is 7.82. The lowest BCUT2D eigenvalue weighted by Crippen LogP contribution is -2.54. The minimum absolute atomic E-state index is 0.0152. The second kappa shape index (κ2) is 3.07. The van der Waals surface area contributed by atoms with Crippen molar-refractivity contribution >= 4 is 5.97 Å². The summed E-state index contributed by atoms with van der Waals surface area (Å²) in [5, 5.41) is 8.77. The molecule has 0 heterocycles. The van der Waals surface area contributed by atoms with E-state index in [0.717, 1.165) is 25.2 Å². The van der Waals surface area contributed by atoms with Gasteiger partial charge in [0, 0.05) is 11.3 Å². The van der Waals surface area contributed by atoms with Crippen LogP contribution in [0, 0.1) is 34.0 Å². The molecule has 4 aliphatic rings. The fourth-order valence-electron chi connectivity index (χ4n) is 5.77. The Hall–Kier alpha value is -0.970. The van der Waals surface area contributed by atoms with Gasteiger partial charge >= 0.3 is 5.97 Å². The van der Waals surface area contributed by atoms with Crippen molar-refractivity contribution in [1.29, 1.82) is 0 Å². The maximum atomic E-state index is 10.7. The predicted molar refractivity (Wildman–Crippen MR) is 65.3 cm³/mol. The van der Waals surface area contributed by atoms with Crippen LogP contribution in [0.25, 0.3) is 0 Å². The second-order valence-corrected chi connectivity index (χ2v) is 7.47. The normalized spacial score (nSPS) is 50.8. The lowest BCUT2D eigenvalue weighted by Gasteiger charge is -2.64. The van der Waals surface area contributed by atoms with Gasteiger partial charge in [0.2, 0.25) is 0 Å². The quantitative estimate of drug-likeness (QED) is 0.652. The van der Waals surface area contributed by atoms with Crippen molar-refractivity contribution in [2.75, 3.05) is 0 Å². The minimum Gasteiger partial charge on any atom is -0.472 e. The van der Waals surface area contributed by atoms with E-state index in [1.807, 2.05) is 0 Å². The summed E-state index contributed by atoms with van der Waals surface area (Å²) in [4.78, 5) is 10.7. The fraction of sp³-hybridized carbons (Fsp3) is 0.800. The predicted octanol–water partition coefficient (Wildman–Crippen LogP) is 3.07. The molecule has 0 aliphatic heterocycles. The van der Waals surface area contributed by atoms with E-state index in [9.17, 15) is 4.79 Å². The number of rotatable bonds is 0. The Labute approximate surface area is 103 Å². The first-order valence-corrected chi connectivity index (χ1v) is 6.58. The van der Waals surface area contributed by atoms with Crippen LogP contribution < -0.4 is 0 Å². The lowest BCUT2D eigenvalue weighted by atomic mass is 9.40. The maximum Gasteiger partial charge on any atom is 0.381 e. The van der Waals surface area contributed by atoms with E-state index in [1.54, 1.807) is 0 Å². The molecule has 0 amide bonds. The van der Waals surface area contributed by atoms with Crippen molar-refractivity contribution in [2.45, 2.75) is 52.4 Å². The van der Waals surface area contributed by atoms with Crippen LogP contribution in [0.5, 0.6) is 0 Å². The van der Waals surface area contributed by atoms with Crippen LogP contribution in [0.2, 0.25) is 0 Å². The molecule has 4 rings (SSSR count). The van der Waals surface area contributed by atoms with Gasteiger partial charge in [-0.05, 0) is 55.3 Å². The summed E-state index contributed by atoms with van der Waals surface area (Å²) in [6.45, 7) is 4.76. The van der Waals surface area contributed by atoms with Crippen LogP contribution in [0.4, 0.5) is 0 Å². The molecule has 0 aromatic carbocycles. The Morgan fingerprint density at radius 1 is 1.12 bits per heavy atom. The third kappa shape index (κ3) is 1.76. The number of carbonyl (C=O) groups is 1. The number of hydrogen-bond acceptors (Lipinski definition) is 1. The summed E-state index contributed by atoms with van der Waals surface area (Å²) in [7, 11) is 0. The Kier molecular flexibility index (Phi) is 2.01. The van der Waals surface area contributed by atoms with Gasteiger partial charge in [-0.25, -0.2) is 4.79 Å². The lowest BCUT2D eigenvalue weighted by molar-refractivity contribution is -0.131. The van der Waals surface area contributed by atoms with Crippen LogP contribution in [-0.2, 0) is 4.79 Å². The number of carboxylic acids is 1. The van der Waals surface area contributed by atoms with E-state index in [-0.39, 0.29) is 5.41 Å². The van der Waals surface area contributed by atoms with Crippen molar-refractivity contribution in [2.24, 2.45) is 22.2 Å². The number of carboxylic acid groups (broad SMARTS) is 1. The van der Waals surface area contributed by atoms with Crippen LogP contribution in [0.15, 0.2) is 0 Å². The Morgan fingerprint density at radius 2 is 1.71 bits per heavy atom. The van der Waals surface area contributed by atoms with Gasteiger partial charge in [0.15, 0.2) is 0 Å². The fourth-order valence-corrected chi connectivity index (χ4v) is 5.77. The van der Waals surface area contributed by atoms with Gasteiger partial charge in [-0.15, -0.1) is 0 Å². The monoisotopic (exact) mass is 232 g/mol. The molecular formula is C15H20O2. The third-order valence-corrected chi connectivity index (χ3v) is 5.06. The molecule has 4 fully saturated rings. The highest BCUT2D eigenvalue weighted by Gasteiger charge is 2.59. The van der Waals surface area contributed by atoms with Crippen molar-refractivity contribution < 1.29 is 9.90 Å². The number of aliphatic carboxylic acids is 1. The van der Waals surface area contributed by atoms with Crippen LogP contribution in [0.1, 0.15) is 52.4 Å². The average molecular weight is 232 g/mol. The zero-order valence-electron chi connectivity index (χ0n) is 10.7. The Morgan fingerprint density at radius 3 is 2.18 bits per heavy atom. The molecule has 0 aromatic heterocycles. The van der Waals surface area contributed by atoms with E-state index in [0.29, 0.717) is 10.8 Å². The van der Waals surface area contributed by atoms with Crippen LogP contribution in [0.3, 0.4) is 0 Å². The van der Waals surface area contributed by atoms with Gasteiger partial charge in [-0.3, -0.25) is 0 Å². The summed E-state index contributed by atoms with van der Waals surface area (Å²) in [5.74, 6) is 5.34. The molecule has 0 saturated heterocycles. The molecule has 0 aromatic rings. The van der Waals surface area contributed by atoms with Gasteiger partial charge in [0.05, 0.1) is 0 Å². The van der Waals surface area contributed by atoms with Crippen molar-refractivity contribution in [3.8, 4) is 11.8 Å². The first-order valence-electron chi connectivity index (χ1n) is 6.58. The van der Waals surface area contributed by atoms with Crippen molar-refractivity contribution in [3.63, 3.8) is 0 Å². The van der Waals surface area contributed by atoms with Crippen LogP contribution in [-0.4, -0.2) is 11.1 Å². The maximum absolute atomic E-state index is 10.7. The topological polar surface area (TPSA) is 37.3 Å². The SMILES string of the molecule is CC12CC3CC(C)(C1)CC(C#CC(=O)O)(C3)C2. The molecule has 2 heteroatoms. The molecule has 17 heavy (non-hydrogen) atoms. The van der Waals surface area contributed by atoms with E-state index in [2.05, 4.69) is 25.7 Å². The molecule has 92 valence electrons. The molecule has 2 nitrogen and oxygen atoms in total. The Balaban J connectivity index is 1.98. The second-order valence-electron chi connectivity index (χ2n) is 7.47. The van der Waals surface area contributed by atoms with Crippen LogP contribution >= 0.6 is 0 Å². The van der Waals surface area contributed by atoms with Gasteiger partial charge < -0.3 is 5.11 Å². The molecule has 1 N–H and O–H groups in total. The van der Waals surface area contributed by atoms with Gasteiger partial charge in [0.25, 0.3) is 0 Å². The molecular weight excluding hydrogens is 212 g/mol. The van der Waals surface area contributed by atoms with E-state index < -0.39 is 5.97 Å². The standard InChI is InChI=1S/C15H20O2/c1-13-5-11-6-14(2,8-13)10-15(7-11,9-13)4-3-12(16)17/h11H,5-10H2,1-2H3,(H,16,17). The minimum atomic E-state index is -0.976. The summed E-state index contributed by atoms with van der Waals surface area (Å²) < 4.78 is 0. The zero-order chi connectivity index (χ0) is 12.3. The number of hydrogen-bond donors (Lipinski definition) is 1. The van der Waals surface area contributed by atoms with Crippen molar-refractivity contribution in [3.05, 3.63) is 0 Å². The molecule has 2 unspecified atom stereocenters. The average Bonchev–Trinajstić information content (AvgIpc) is 2.08. The van der Waals surface area contributed by atoms with Crippen molar-refractivity contribution in [1.82, 2.24) is 0 Å². The molecule has 2 atom stereocenters. The summed E-state index contributed by atoms with van der Waals surface area (Å²) >= 11 is 0. The molecule has 4 aliphatic carbocycles. The van der Waals surface area contributed by atoms with E-state index >= 15 is 0 Å². The van der Waals surface area contributed by atoms with E-state index in [4.69, 9.17) is 5.11 Å². The smallest absolute Gasteiger partial charge is 0.381 e. The molecule has 0 spiro atoms. The van der Waals surface area contributed by atoms with E-state index in [1.165, 1.54) is 19.3 Å². The highest BCUT2D eigenvalue weighted by atomic mass is 16.4. The first kappa shape index (κ1) is 11.1. The zero-order valence-corrected chi connectivity index (χ0v) is 10.7. The molecule has 4 bridgehead atoms. The summed E-state index contributed by atoms with van der Waals surface area (Å²) in [6, 6.07) is 0. The Bertz CT molecular complexity index is 422. The summed E-state index contributed by atoms with van der Waals surface area (Å²) in [5.41, 5.74) is 0.851. The highest BCUT2D eigenvalue weighted by Crippen LogP contribution is 2.69. The third-order valence-electron chi connectivity index (χ3n) is 5.06. The summed E-state index contributed by atoms with van der Waals surface area (Å²) in [6.07, 6.45) is 7.35. The highest BCUT2D eigenvalue weighted by molar-refractivity contribution is 5.86. The van der Waals surface area contributed by atoms with Gasteiger partial charge in [-0.1, -0.05) is 19.8 Å². The van der Waals surface area contributed by atoms with Gasteiger partial charge in [0.1, 0.15) is 0 Å². The molecule has 4 saturated carbocycles. The molecule has 0 radical (unpaired) electrons. The van der Waals surface area contributed by atoms with Gasteiger partial charge in [-0.2, -0.15) is 0 Å². The largest absolute Gasteiger partial charge is 0.472 e.